The van der Waals surface area contributed by atoms with E-state index in [4.69, 9.17) is 4.74 Å². The molecule has 0 aromatic heterocycles. The first-order chi connectivity index (χ1) is 7.91. The average Bonchev–Trinajstić information content (AvgIpc) is 2.25. The van der Waals surface area contributed by atoms with Crippen LogP contribution in [0.4, 0.5) is 4.79 Å². The monoisotopic (exact) mass is 245 g/mol. The molecule has 100 valence electrons. The lowest BCUT2D eigenvalue weighted by molar-refractivity contribution is 0.0294. The minimum absolute atomic E-state index is 0.132. The molecule has 1 unspecified atom stereocenters. The van der Waals surface area contributed by atoms with Crippen LogP contribution in [0.3, 0.4) is 0 Å². The predicted octanol–water partition coefficient (Wildman–Crippen LogP) is -0.659. The van der Waals surface area contributed by atoms with Crippen molar-refractivity contribution in [2.45, 2.75) is 12.5 Å². The molecule has 1 rings (SSSR count). The fourth-order valence-electron chi connectivity index (χ4n) is 1.88. The molecule has 1 saturated heterocycles. The van der Waals surface area contributed by atoms with Gasteiger partial charge in [-0.25, -0.2) is 4.79 Å². The van der Waals surface area contributed by atoms with Crippen LogP contribution in [-0.4, -0.2) is 80.0 Å². The SMILES string of the molecule is CN(C)CC(C)(O)CNC(=O)N1CCOCC1. The summed E-state index contributed by atoms with van der Waals surface area (Å²) in [5.41, 5.74) is -0.911. The minimum atomic E-state index is -0.911. The van der Waals surface area contributed by atoms with Crippen LogP contribution in [0, 0.1) is 0 Å². The summed E-state index contributed by atoms with van der Waals surface area (Å²) < 4.78 is 5.17. The van der Waals surface area contributed by atoms with Gasteiger partial charge in [-0.1, -0.05) is 0 Å². The Hall–Kier alpha value is -0.850. The molecule has 0 aliphatic carbocycles. The van der Waals surface area contributed by atoms with Crippen molar-refractivity contribution in [3.8, 4) is 0 Å². The highest BCUT2D eigenvalue weighted by molar-refractivity contribution is 5.74. The summed E-state index contributed by atoms with van der Waals surface area (Å²) in [5, 5.41) is 12.8. The Kier molecular flexibility index (Phi) is 5.17. The maximum Gasteiger partial charge on any atom is 0.317 e. The molecule has 1 aliphatic heterocycles. The normalized spacial score (nSPS) is 20.2. The topological polar surface area (TPSA) is 65.0 Å². The largest absolute Gasteiger partial charge is 0.387 e. The fourth-order valence-corrected chi connectivity index (χ4v) is 1.88. The highest BCUT2D eigenvalue weighted by Crippen LogP contribution is 2.03. The van der Waals surface area contributed by atoms with Crippen LogP contribution in [0.25, 0.3) is 0 Å². The van der Waals surface area contributed by atoms with Crippen LogP contribution >= 0.6 is 0 Å². The van der Waals surface area contributed by atoms with Gasteiger partial charge in [-0.3, -0.25) is 0 Å². The number of hydrogen-bond acceptors (Lipinski definition) is 4. The number of aliphatic hydroxyl groups is 1. The Morgan fingerprint density at radius 3 is 2.59 bits per heavy atom. The van der Waals surface area contributed by atoms with Gasteiger partial charge in [0.2, 0.25) is 0 Å². The summed E-state index contributed by atoms with van der Waals surface area (Å²) in [5.74, 6) is 0. The van der Waals surface area contributed by atoms with Crippen molar-refractivity contribution in [2.75, 3.05) is 53.5 Å². The second-order valence-electron chi connectivity index (χ2n) is 4.99. The van der Waals surface area contributed by atoms with Crippen molar-refractivity contribution >= 4 is 6.03 Å². The van der Waals surface area contributed by atoms with Gasteiger partial charge in [0, 0.05) is 26.2 Å². The predicted molar refractivity (Wildman–Crippen MR) is 65.0 cm³/mol. The molecular weight excluding hydrogens is 222 g/mol. The maximum absolute atomic E-state index is 11.8. The zero-order chi connectivity index (χ0) is 12.9. The molecule has 1 aliphatic rings. The van der Waals surface area contributed by atoms with Crippen LogP contribution in [0.15, 0.2) is 0 Å². The third-order valence-electron chi connectivity index (χ3n) is 2.58. The van der Waals surface area contributed by atoms with E-state index in [9.17, 15) is 9.90 Å². The third-order valence-corrected chi connectivity index (χ3v) is 2.58. The number of carbonyl (C=O) groups excluding carboxylic acids is 1. The number of nitrogens with one attached hydrogen (secondary N) is 1. The molecule has 6 nitrogen and oxygen atoms in total. The lowest BCUT2D eigenvalue weighted by atomic mass is 10.1. The number of nitrogens with zero attached hydrogens (tertiary/aromatic N) is 2. The van der Waals surface area contributed by atoms with E-state index in [2.05, 4.69) is 5.32 Å². The highest BCUT2D eigenvalue weighted by Gasteiger charge is 2.24. The van der Waals surface area contributed by atoms with Gasteiger partial charge in [0.25, 0.3) is 0 Å². The number of likely N-dealkylation sites (N-methyl/N-ethyl adjacent to an activating group) is 1. The van der Waals surface area contributed by atoms with E-state index < -0.39 is 5.60 Å². The Bertz CT molecular complexity index is 250. The molecule has 0 saturated carbocycles. The summed E-state index contributed by atoms with van der Waals surface area (Å²) in [6.07, 6.45) is 0. The van der Waals surface area contributed by atoms with E-state index in [1.165, 1.54) is 0 Å². The Morgan fingerprint density at radius 1 is 1.47 bits per heavy atom. The van der Waals surface area contributed by atoms with Gasteiger partial charge >= 0.3 is 6.03 Å². The summed E-state index contributed by atoms with van der Waals surface area (Å²) in [6, 6.07) is -0.132. The molecule has 0 spiro atoms. The van der Waals surface area contributed by atoms with Crippen LogP contribution in [0.2, 0.25) is 0 Å². The van der Waals surface area contributed by atoms with E-state index in [1.54, 1.807) is 11.8 Å². The summed E-state index contributed by atoms with van der Waals surface area (Å²) in [6.45, 7) is 4.87. The maximum atomic E-state index is 11.8. The number of urea groups is 1. The van der Waals surface area contributed by atoms with Gasteiger partial charge in [0.1, 0.15) is 0 Å². The molecule has 2 N–H and O–H groups in total. The average molecular weight is 245 g/mol. The molecule has 0 bridgehead atoms. The van der Waals surface area contributed by atoms with Crippen LogP contribution in [0.1, 0.15) is 6.92 Å². The number of amides is 2. The fraction of sp³-hybridized carbons (Fsp3) is 0.909. The summed E-state index contributed by atoms with van der Waals surface area (Å²) >= 11 is 0. The minimum Gasteiger partial charge on any atom is -0.387 e. The molecule has 1 heterocycles. The lowest BCUT2D eigenvalue weighted by Gasteiger charge is -2.30. The van der Waals surface area contributed by atoms with Crippen LogP contribution in [0.5, 0.6) is 0 Å². The molecule has 0 radical (unpaired) electrons. The van der Waals surface area contributed by atoms with E-state index in [0.717, 1.165) is 0 Å². The Balaban J connectivity index is 2.31. The molecule has 1 fully saturated rings. The Labute approximate surface area is 103 Å². The van der Waals surface area contributed by atoms with Crippen LogP contribution < -0.4 is 5.32 Å². The first kappa shape index (κ1) is 14.2. The lowest BCUT2D eigenvalue weighted by Crippen LogP contribution is -2.52. The molecule has 0 aromatic rings. The van der Waals surface area contributed by atoms with E-state index in [-0.39, 0.29) is 12.6 Å². The second kappa shape index (κ2) is 6.18. The van der Waals surface area contributed by atoms with Crippen molar-refractivity contribution < 1.29 is 14.6 Å². The van der Waals surface area contributed by atoms with Gasteiger partial charge in [-0.2, -0.15) is 0 Å². The van der Waals surface area contributed by atoms with Crippen molar-refractivity contribution in [1.29, 1.82) is 0 Å². The first-order valence-corrected chi connectivity index (χ1v) is 5.88. The zero-order valence-corrected chi connectivity index (χ0v) is 10.9. The first-order valence-electron chi connectivity index (χ1n) is 5.88. The van der Waals surface area contributed by atoms with Gasteiger partial charge in [-0.05, 0) is 21.0 Å². The molecule has 0 aromatic carbocycles. The quantitative estimate of drug-likeness (QED) is 0.690. The smallest absolute Gasteiger partial charge is 0.317 e. The van der Waals surface area contributed by atoms with Gasteiger partial charge < -0.3 is 25.0 Å². The number of rotatable bonds is 4. The van der Waals surface area contributed by atoms with E-state index >= 15 is 0 Å². The molecule has 1 atom stereocenters. The molecule has 17 heavy (non-hydrogen) atoms. The zero-order valence-electron chi connectivity index (χ0n) is 10.9. The second-order valence-corrected chi connectivity index (χ2v) is 4.99. The number of hydrogen-bond donors (Lipinski definition) is 2. The summed E-state index contributed by atoms with van der Waals surface area (Å²) in [4.78, 5) is 15.4. The van der Waals surface area contributed by atoms with Crippen LogP contribution in [-0.2, 0) is 4.74 Å². The summed E-state index contributed by atoms with van der Waals surface area (Å²) in [7, 11) is 3.77. The molecule has 2 amide bonds. The van der Waals surface area contributed by atoms with Gasteiger partial charge in [-0.15, -0.1) is 0 Å². The van der Waals surface area contributed by atoms with E-state index in [1.807, 2.05) is 19.0 Å². The van der Waals surface area contributed by atoms with Crippen molar-refractivity contribution in [3.05, 3.63) is 0 Å². The number of morpholine rings is 1. The van der Waals surface area contributed by atoms with Gasteiger partial charge in [0.05, 0.1) is 18.8 Å². The van der Waals surface area contributed by atoms with Crippen molar-refractivity contribution in [1.82, 2.24) is 15.1 Å². The molecule has 6 heteroatoms. The van der Waals surface area contributed by atoms with Crippen molar-refractivity contribution in [2.24, 2.45) is 0 Å². The van der Waals surface area contributed by atoms with Crippen molar-refractivity contribution in [3.63, 3.8) is 0 Å². The third kappa shape index (κ3) is 5.34. The van der Waals surface area contributed by atoms with Gasteiger partial charge in [0.15, 0.2) is 0 Å². The number of ether oxygens (including phenoxy) is 1. The highest BCUT2D eigenvalue weighted by atomic mass is 16.5. The standard InChI is InChI=1S/C11H23N3O3/c1-11(16,9-13(2)3)8-12-10(15)14-4-6-17-7-5-14/h16H,4-9H2,1-3H3,(H,12,15). The Morgan fingerprint density at radius 2 is 2.06 bits per heavy atom. The number of carbonyl (C=O) groups is 1. The van der Waals surface area contributed by atoms with E-state index in [0.29, 0.717) is 32.8 Å². The molecular formula is C11H23N3O3.